The van der Waals surface area contributed by atoms with Crippen LogP contribution in [0.15, 0.2) is 41.3 Å². The summed E-state index contributed by atoms with van der Waals surface area (Å²) in [5.41, 5.74) is 0.531. The van der Waals surface area contributed by atoms with Gasteiger partial charge >= 0.3 is 0 Å². The van der Waals surface area contributed by atoms with Gasteiger partial charge in [0.1, 0.15) is 5.76 Å². The van der Waals surface area contributed by atoms with Crippen LogP contribution < -0.4 is 9.47 Å². The first-order chi connectivity index (χ1) is 14.0. The fourth-order valence-corrected chi connectivity index (χ4v) is 4.46. The predicted molar refractivity (Wildman–Crippen MR) is 109 cm³/mol. The van der Waals surface area contributed by atoms with Gasteiger partial charge < -0.3 is 24.4 Å². The highest BCUT2D eigenvalue weighted by atomic mass is 32.1. The molecule has 1 aromatic heterocycles. The second-order valence-electron chi connectivity index (χ2n) is 7.23. The van der Waals surface area contributed by atoms with Crippen LogP contribution in [-0.4, -0.2) is 60.6 Å². The lowest BCUT2D eigenvalue weighted by Crippen LogP contribution is -2.32. The summed E-state index contributed by atoms with van der Waals surface area (Å²) in [5, 5.41) is 12.9. The number of amides is 1. The van der Waals surface area contributed by atoms with Gasteiger partial charge in [-0.2, -0.15) is 0 Å². The monoisotopic (exact) mass is 414 g/mol. The van der Waals surface area contributed by atoms with Crippen molar-refractivity contribution in [1.29, 1.82) is 0 Å². The number of aliphatic hydroxyl groups is 1. The number of hydrogen-bond acceptors (Lipinski definition) is 7. The van der Waals surface area contributed by atoms with Crippen LogP contribution >= 0.6 is 11.3 Å². The number of carbonyl (C=O) groups excluding carboxylic acids is 2. The third kappa shape index (κ3) is 3.61. The zero-order valence-electron chi connectivity index (χ0n) is 16.3. The largest absolute Gasteiger partial charge is 0.507 e. The van der Waals surface area contributed by atoms with Gasteiger partial charge in [0.2, 0.25) is 6.79 Å². The number of thiophene rings is 1. The minimum atomic E-state index is -0.664. The van der Waals surface area contributed by atoms with Gasteiger partial charge in [0, 0.05) is 17.0 Å². The maximum atomic E-state index is 12.9. The number of hydrogen-bond donors (Lipinski definition) is 1. The summed E-state index contributed by atoms with van der Waals surface area (Å²) >= 11 is 1.46. The molecule has 152 valence electrons. The number of benzene rings is 1. The van der Waals surface area contributed by atoms with Crippen molar-refractivity contribution in [2.75, 3.05) is 34.0 Å². The zero-order chi connectivity index (χ0) is 20.5. The Balaban J connectivity index is 1.74. The molecule has 1 unspecified atom stereocenters. The van der Waals surface area contributed by atoms with E-state index in [1.165, 1.54) is 11.3 Å². The molecule has 29 heavy (non-hydrogen) atoms. The van der Waals surface area contributed by atoms with Crippen molar-refractivity contribution in [2.24, 2.45) is 0 Å². The molecule has 3 heterocycles. The molecule has 7 nitrogen and oxygen atoms in total. The van der Waals surface area contributed by atoms with Crippen LogP contribution in [0.4, 0.5) is 0 Å². The molecule has 8 heteroatoms. The molecule has 1 N–H and O–H groups in total. The minimum absolute atomic E-state index is 0.112. The number of nitrogens with zero attached hydrogens (tertiary/aromatic N) is 2. The smallest absolute Gasteiger partial charge is 0.295 e. The van der Waals surface area contributed by atoms with Crippen molar-refractivity contribution in [3.63, 3.8) is 0 Å². The highest BCUT2D eigenvalue weighted by Crippen LogP contribution is 2.42. The average molecular weight is 414 g/mol. The maximum Gasteiger partial charge on any atom is 0.295 e. The molecule has 2 aromatic rings. The Hall–Kier alpha value is -2.84. The summed E-state index contributed by atoms with van der Waals surface area (Å²) in [4.78, 5) is 30.1. The first-order valence-electron chi connectivity index (χ1n) is 9.34. The van der Waals surface area contributed by atoms with E-state index in [-0.39, 0.29) is 18.1 Å². The molecule has 2 aliphatic rings. The number of ketones is 1. The van der Waals surface area contributed by atoms with E-state index in [0.717, 1.165) is 17.8 Å². The highest BCUT2D eigenvalue weighted by molar-refractivity contribution is 7.10. The van der Waals surface area contributed by atoms with Crippen molar-refractivity contribution in [3.8, 4) is 11.5 Å². The second kappa shape index (κ2) is 7.88. The van der Waals surface area contributed by atoms with Gasteiger partial charge in [0.25, 0.3) is 11.7 Å². The molecule has 0 aliphatic carbocycles. The number of Topliss-reactive ketones (excluding diaryl/α,β-unsaturated/α-hetero) is 1. The van der Waals surface area contributed by atoms with Crippen LogP contribution in [0.5, 0.6) is 11.5 Å². The fraction of sp³-hybridized carbons (Fsp3) is 0.333. The molecule has 4 rings (SSSR count). The van der Waals surface area contributed by atoms with Crippen LogP contribution in [-0.2, 0) is 9.59 Å². The highest BCUT2D eigenvalue weighted by Gasteiger charge is 2.46. The molecule has 1 fully saturated rings. The molecule has 1 saturated heterocycles. The lowest BCUT2D eigenvalue weighted by molar-refractivity contribution is -0.139. The van der Waals surface area contributed by atoms with Gasteiger partial charge in [-0.05, 0) is 56.7 Å². The van der Waals surface area contributed by atoms with E-state index in [2.05, 4.69) is 0 Å². The Kier molecular flexibility index (Phi) is 5.29. The average Bonchev–Trinajstić information content (AvgIpc) is 3.43. The topological polar surface area (TPSA) is 79.3 Å². The van der Waals surface area contributed by atoms with Crippen LogP contribution in [0.3, 0.4) is 0 Å². The number of fused-ring (bicyclic) bond motifs is 1. The van der Waals surface area contributed by atoms with E-state index in [1.807, 2.05) is 36.5 Å². The Bertz CT molecular complexity index is 967. The predicted octanol–water partition coefficient (Wildman–Crippen LogP) is 2.85. The Morgan fingerprint density at radius 3 is 2.76 bits per heavy atom. The van der Waals surface area contributed by atoms with E-state index in [9.17, 15) is 14.7 Å². The summed E-state index contributed by atoms with van der Waals surface area (Å²) in [7, 11) is 3.93. The number of aliphatic hydroxyl groups excluding tert-OH is 1. The Morgan fingerprint density at radius 1 is 1.24 bits per heavy atom. The minimum Gasteiger partial charge on any atom is -0.507 e. The fourth-order valence-electron chi connectivity index (χ4n) is 3.61. The Morgan fingerprint density at radius 2 is 2.03 bits per heavy atom. The lowest BCUT2D eigenvalue weighted by atomic mass is 9.99. The SMILES string of the molecule is CN(C)CCCN1C(=O)C(=O)/C(=C(/O)c2ccc3c(c2)OCO3)C1c1cccs1. The zero-order valence-corrected chi connectivity index (χ0v) is 17.1. The summed E-state index contributed by atoms with van der Waals surface area (Å²) in [6, 6.07) is 8.14. The maximum absolute atomic E-state index is 12.9. The van der Waals surface area contributed by atoms with Crippen LogP contribution in [0, 0.1) is 0 Å². The van der Waals surface area contributed by atoms with E-state index in [0.29, 0.717) is 23.6 Å². The number of rotatable bonds is 6. The number of ether oxygens (including phenoxy) is 2. The van der Waals surface area contributed by atoms with E-state index < -0.39 is 17.7 Å². The van der Waals surface area contributed by atoms with Crippen LogP contribution in [0.2, 0.25) is 0 Å². The van der Waals surface area contributed by atoms with Gasteiger partial charge in [-0.3, -0.25) is 9.59 Å². The second-order valence-corrected chi connectivity index (χ2v) is 8.21. The summed E-state index contributed by atoms with van der Waals surface area (Å²) in [6.07, 6.45) is 0.728. The van der Waals surface area contributed by atoms with Crippen molar-refractivity contribution in [3.05, 3.63) is 51.7 Å². The summed E-state index contributed by atoms with van der Waals surface area (Å²) in [6.45, 7) is 1.34. The molecule has 0 radical (unpaired) electrons. The molecule has 0 spiro atoms. The van der Waals surface area contributed by atoms with E-state index in [4.69, 9.17) is 9.47 Å². The van der Waals surface area contributed by atoms with Gasteiger partial charge in [0.05, 0.1) is 11.6 Å². The molecule has 0 bridgehead atoms. The van der Waals surface area contributed by atoms with Crippen molar-refractivity contribution < 1.29 is 24.2 Å². The molecular formula is C21H22N2O5S. The van der Waals surface area contributed by atoms with Gasteiger partial charge in [0.15, 0.2) is 11.5 Å². The van der Waals surface area contributed by atoms with Gasteiger partial charge in [-0.15, -0.1) is 11.3 Å². The van der Waals surface area contributed by atoms with Crippen LogP contribution in [0.25, 0.3) is 5.76 Å². The van der Waals surface area contributed by atoms with Crippen molar-refractivity contribution in [1.82, 2.24) is 9.80 Å². The van der Waals surface area contributed by atoms with Crippen LogP contribution in [0.1, 0.15) is 22.9 Å². The normalized spacial score (nSPS) is 20.1. The Labute approximate surface area is 172 Å². The van der Waals surface area contributed by atoms with Crippen molar-refractivity contribution >= 4 is 28.8 Å². The molecule has 1 aromatic carbocycles. The molecule has 2 aliphatic heterocycles. The third-order valence-electron chi connectivity index (χ3n) is 5.00. The summed E-state index contributed by atoms with van der Waals surface area (Å²) < 4.78 is 10.7. The molecular weight excluding hydrogens is 392 g/mol. The lowest BCUT2D eigenvalue weighted by Gasteiger charge is -2.24. The number of likely N-dealkylation sites (tertiary alicyclic amines) is 1. The summed E-state index contributed by atoms with van der Waals surface area (Å²) in [5.74, 6) is -0.356. The number of carbonyl (C=O) groups is 2. The van der Waals surface area contributed by atoms with E-state index in [1.54, 1.807) is 23.1 Å². The quantitative estimate of drug-likeness (QED) is 0.445. The third-order valence-corrected chi connectivity index (χ3v) is 5.93. The van der Waals surface area contributed by atoms with E-state index >= 15 is 0 Å². The van der Waals surface area contributed by atoms with Gasteiger partial charge in [-0.1, -0.05) is 6.07 Å². The molecule has 1 atom stereocenters. The van der Waals surface area contributed by atoms with Gasteiger partial charge in [-0.25, -0.2) is 0 Å². The van der Waals surface area contributed by atoms with Crippen molar-refractivity contribution in [2.45, 2.75) is 12.5 Å². The first kappa shape index (κ1) is 19.5. The standard InChI is InChI=1S/C21H22N2O5S/c1-22(2)8-4-9-23-18(16-5-3-10-29-16)17(20(25)21(23)26)19(24)13-6-7-14-15(11-13)28-12-27-14/h3,5-7,10-11,18,24H,4,8-9,12H2,1-2H3/b19-17+. The first-order valence-corrected chi connectivity index (χ1v) is 10.2. The molecule has 0 saturated carbocycles. The molecule has 1 amide bonds.